The molecule has 4 nitrogen and oxygen atoms in total. The van der Waals surface area contributed by atoms with Crippen molar-refractivity contribution in [3.63, 3.8) is 0 Å². The third-order valence-corrected chi connectivity index (χ3v) is 4.49. The third kappa shape index (κ3) is 6.46. The number of rotatable bonds is 10. The van der Waals surface area contributed by atoms with E-state index in [2.05, 4.69) is 44.3 Å². The van der Waals surface area contributed by atoms with Crippen molar-refractivity contribution in [3.8, 4) is 17.2 Å². The summed E-state index contributed by atoms with van der Waals surface area (Å²) in [5.41, 5.74) is 3.29. The third-order valence-electron chi connectivity index (χ3n) is 4.49. The fourth-order valence-corrected chi connectivity index (χ4v) is 2.91. The monoisotopic (exact) mass is 391 g/mol. The number of hydrogen-bond donors (Lipinski definition) is 1. The number of nitrogens with one attached hydrogen (secondary N) is 1. The number of anilines is 1. The fourth-order valence-electron chi connectivity index (χ4n) is 2.91. The van der Waals surface area contributed by atoms with E-state index < -0.39 is 0 Å². The summed E-state index contributed by atoms with van der Waals surface area (Å²) in [5, 5.41) is 3.44. The maximum atomic E-state index is 6.11. The maximum absolute atomic E-state index is 6.11. The number of benzene rings is 3. The highest BCUT2D eigenvalue weighted by Gasteiger charge is 2.09. The van der Waals surface area contributed by atoms with Crippen LogP contribution in [0.2, 0.25) is 0 Å². The van der Waals surface area contributed by atoms with E-state index in [0.717, 1.165) is 28.5 Å². The van der Waals surface area contributed by atoms with Crippen LogP contribution in [0, 0.1) is 13.8 Å². The zero-order chi connectivity index (χ0) is 20.5. The summed E-state index contributed by atoms with van der Waals surface area (Å²) in [5.74, 6) is 2.59. The lowest BCUT2D eigenvalue weighted by Gasteiger charge is -2.19. The van der Waals surface area contributed by atoms with Crippen LogP contribution in [0.5, 0.6) is 17.2 Å². The SMILES string of the molecule is Cc1ccc(C)c(OC(C)CNc2ccccc2OCCOc2ccccc2)c1. The van der Waals surface area contributed by atoms with Gasteiger partial charge in [0.25, 0.3) is 0 Å². The molecular formula is C25H29NO3. The van der Waals surface area contributed by atoms with E-state index in [4.69, 9.17) is 14.2 Å². The largest absolute Gasteiger partial charge is 0.490 e. The Hall–Kier alpha value is -3.14. The second-order valence-electron chi connectivity index (χ2n) is 7.08. The van der Waals surface area contributed by atoms with E-state index in [0.29, 0.717) is 19.8 Å². The summed E-state index contributed by atoms with van der Waals surface area (Å²) in [6.07, 6.45) is 0.0185. The van der Waals surface area contributed by atoms with Crippen molar-refractivity contribution < 1.29 is 14.2 Å². The first-order chi connectivity index (χ1) is 14.1. The molecule has 0 aliphatic heterocycles. The van der Waals surface area contributed by atoms with Crippen LogP contribution in [0.3, 0.4) is 0 Å². The molecule has 0 heterocycles. The summed E-state index contributed by atoms with van der Waals surface area (Å²) in [6.45, 7) is 7.84. The van der Waals surface area contributed by atoms with Gasteiger partial charge in [0.15, 0.2) is 0 Å². The molecule has 3 aromatic rings. The van der Waals surface area contributed by atoms with Crippen molar-refractivity contribution in [2.75, 3.05) is 25.1 Å². The molecule has 152 valence electrons. The summed E-state index contributed by atoms with van der Waals surface area (Å²) in [7, 11) is 0. The van der Waals surface area contributed by atoms with Crippen LogP contribution in [0.4, 0.5) is 5.69 Å². The molecule has 1 unspecified atom stereocenters. The molecule has 4 heteroatoms. The minimum atomic E-state index is 0.0185. The zero-order valence-corrected chi connectivity index (χ0v) is 17.4. The molecule has 1 N–H and O–H groups in total. The van der Waals surface area contributed by atoms with Crippen molar-refractivity contribution in [2.45, 2.75) is 26.9 Å². The highest BCUT2D eigenvalue weighted by molar-refractivity contribution is 5.56. The van der Waals surface area contributed by atoms with Crippen LogP contribution in [0.25, 0.3) is 0 Å². The van der Waals surface area contributed by atoms with Crippen LogP contribution >= 0.6 is 0 Å². The van der Waals surface area contributed by atoms with Crippen molar-refractivity contribution in [3.05, 3.63) is 83.9 Å². The Morgan fingerprint density at radius 1 is 0.793 bits per heavy atom. The van der Waals surface area contributed by atoms with Gasteiger partial charge in [-0.2, -0.15) is 0 Å². The van der Waals surface area contributed by atoms with Gasteiger partial charge in [-0.3, -0.25) is 0 Å². The summed E-state index contributed by atoms with van der Waals surface area (Å²) < 4.78 is 17.7. The summed E-state index contributed by atoms with van der Waals surface area (Å²) in [4.78, 5) is 0. The van der Waals surface area contributed by atoms with Gasteiger partial charge < -0.3 is 19.5 Å². The average molecular weight is 392 g/mol. The molecule has 0 saturated carbocycles. The molecule has 0 saturated heterocycles. The molecule has 0 fully saturated rings. The fraction of sp³-hybridized carbons (Fsp3) is 0.280. The lowest BCUT2D eigenvalue weighted by atomic mass is 10.1. The Bertz CT molecular complexity index is 896. The standard InChI is InChI=1S/C25H29NO3/c1-19-13-14-20(2)25(17-19)29-21(3)18-26-23-11-7-8-12-24(23)28-16-15-27-22-9-5-4-6-10-22/h4-14,17,21,26H,15-16,18H2,1-3H3. The van der Waals surface area contributed by atoms with Crippen molar-refractivity contribution >= 4 is 5.69 Å². The smallest absolute Gasteiger partial charge is 0.142 e. The van der Waals surface area contributed by atoms with Gasteiger partial charge in [-0.1, -0.05) is 42.5 Å². The molecule has 0 aliphatic rings. The lowest BCUT2D eigenvalue weighted by Crippen LogP contribution is -2.23. The Kier molecular flexibility index (Phi) is 7.40. The molecule has 0 aromatic heterocycles. The van der Waals surface area contributed by atoms with Crippen molar-refractivity contribution in [2.24, 2.45) is 0 Å². The lowest BCUT2D eigenvalue weighted by molar-refractivity contribution is 0.217. The molecule has 0 bridgehead atoms. The van der Waals surface area contributed by atoms with E-state index in [-0.39, 0.29) is 6.10 Å². The Morgan fingerprint density at radius 2 is 1.52 bits per heavy atom. The zero-order valence-electron chi connectivity index (χ0n) is 17.4. The molecular weight excluding hydrogens is 362 g/mol. The van der Waals surface area contributed by atoms with Crippen molar-refractivity contribution in [1.29, 1.82) is 0 Å². The number of ether oxygens (including phenoxy) is 3. The maximum Gasteiger partial charge on any atom is 0.142 e. The molecule has 3 rings (SSSR count). The van der Waals surface area contributed by atoms with Crippen LogP contribution in [-0.2, 0) is 0 Å². The van der Waals surface area contributed by atoms with Crippen LogP contribution in [-0.4, -0.2) is 25.9 Å². The molecule has 0 spiro atoms. The average Bonchev–Trinajstić information content (AvgIpc) is 2.74. The van der Waals surface area contributed by atoms with Gasteiger partial charge in [0.2, 0.25) is 0 Å². The Balaban J connectivity index is 1.48. The molecule has 0 radical (unpaired) electrons. The van der Waals surface area contributed by atoms with E-state index in [1.54, 1.807) is 0 Å². The van der Waals surface area contributed by atoms with Crippen molar-refractivity contribution in [1.82, 2.24) is 0 Å². The van der Waals surface area contributed by atoms with E-state index in [9.17, 15) is 0 Å². The molecule has 0 amide bonds. The molecule has 29 heavy (non-hydrogen) atoms. The first-order valence-electron chi connectivity index (χ1n) is 9.99. The predicted molar refractivity (Wildman–Crippen MR) is 118 cm³/mol. The minimum absolute atomic E-state index is 0.0185. The van der Waals surface area contributed by atoms with Gasteiger partial charge in [-0.05, 0) is 62.2 Å². The molecule has 1 atom stereocenters. The highest BCUT2D eigenvalue weighted by Crippen LogP contribution is 2.25. The first-order valence-corrected chi connectivity index (χ1v) is 9.99. The second kappa shape index (κ2) is 10.4. The van der Waals surface area contributed by atoms with E-state index in [1.165, 1.54) is 5.56 Å². The summed E-state index contributed by atoms with van der Waals surface area (Å²) >= 11 is 0. The van der Waals surface area contributed by atoms with Gasteiger partial charge in [0.05, 0.1) is 12.2 Å². The number of aryl methyl sites for hydroxylation is 2. The number of hydrogen-bond acceptors (Lipinski definition) is 4. The van der Waals surface area contributed by atoms with Crippen LogP contribution in [0.1, 0.15) is 18.1 Å². The number of para-hydroxylation sites is 3. The van der Waals surface area contributed by atoms with E-state index in [1.807, 2.05) is 54.6 Å². The Labute approximate surface area is 173 Å². The van der Waals surface area contributed by atoms with Crippen LogP contribution < -0.4 is 19.5 Å². The van der Waals surface area contributed by atoms with Gasteiger partial charge in [0.1, 0.15) is 36.6 Å². The normalized spacial score (nSPS) is 11.6. The van der Waals surface area contributed by atoms with E-state index >= 15 is 0 Å². The van der Waals surface area contributed by atoms with Gasteiger partial charge in [-0.25, -0.2) is 0 Å². The van der Waals surface area contributed by atoms with Gasteiger partial charge >= 0.3 is 0 Å². The van der Waals surface area contributed by atoms with Gasteiger partial charge in [0, 0.05) is 0 Å². The quantitative estimate of drug-likeness (QED) is 0.454. The first kappa shape index (κ1) is 20.6. The molecule has 3 aromatic carbocycles. The predicted octanol–water partition coefficient (Wildman–Crippen LogP) is 5.64. The minimum Gasteiger partial charge on any atom is -0.490 e. The highest BCUT2D eigenvalue weighted by atomic mass is 16.5. The second-order valence-corrected chi connectivity index (χ2v) is 7.08. The molecule has 0 aliphatic carbocycles. The van der Waals surface area contributed by atoms with Crippen LogP contribution in [0.15, 0.2) is 72.8 Å². The Morgan fingerprint density at radius 3 is 2.34 bits per heavy atom. The van der Waals surface area contributed by atoms with Gasteiger partial charge in [-0.15, -0.1) is 0 Å². The topological polar surface area (TPSA) is 39.7 Å². The summed E-state index contributed by atoms with van der Waals surface area (Å²) in [6, 6.07) is 23.9.